The lowest BCUT2D eigenvalue weighted by molar-refractivity contribution is 0.415. The molecule has 0 atom stereocenters. The molecule has 6 aromatic rings. The summed E-state index contributed by atoms with van der Waals surface area (Å²) >= 11 is 0. The molecule has 4 nitrogen and oxygen atoms in total. The van der Waals surface area contributed by atoms with Crippen LogP contribution in [0.1, 0.15) is 16.9 Å². The van der Waals surface area contributed by atoms with Crippen LogP contribution in [0.2, 0.25) is 0 Å². The average molecular weight is 578 g/mol. The molecule has 6 rings (SSSR count). The summed E-state index contributed by atoms with van der Waals surface area (Å²) in [6, 6.07) is 49.3. The Balaban J connectivity index is 1.52. The van der Waals surface area contributed by atoms with Gasteiger partial charge in [-0.15, -0.1) is 0 Å². The molecular formula is C37H34BN2O2Si. The molecule has 1 heterocycles. The molecule has 0 aliphatic heterocycles. The lowest BCUT2D eigenvalue weighted by Gasteiger charge is -2.35. The fourth-order valence-corrected chi connectivity index (χ4v) is 10.6. The first-order valence-corrected chi connectivity index (χ1v) is 16.7. The van der Waals surface area contributed by atoms with Crippen LogP contribution in [-0.2, 0) is 6.17 Å². The number of benzene rings is 5. The monoisotopic (exact) mass is 577 g/mol. The second kappa shape index (κ2) is 13.0. The maximum atomic E-state index is 5.75. The van der Waals surface area contributed by atoms with Gasteiger partial charge < -0.3 is 14.0 Å². The standard InChI is InChI=1S/C37H34BN2O2Si/c1-41-31-18-12-22-34(26-31)43(33-20-10-5-11-21-33,35-23-13-19-32(27-35)42-2)28-40-25-24-39-37(40)38-36(29-14-6-3-7-15-29)30-16-8-4-9-17-30/h3-27,36H,28H2,1-2H3. The van der Waals surface area contributed by atoms with Gasteiger partial charge in [0.15, 0.2) is 8.07 Å². The number of aromatic nitrogens is 2. The van der Waals surface area contributed by atoms with E-state index in [-0.39, 0.29) is 5.82 Å². The highest BCUT2D eigenvalue weighted by Crippen LogP contribution is 2.24. The summed E-state index contributed by atoms with van der Waals surface area (Å²) in [6.07, 6.45) is 4.78. The predicted molar refractivity (Wildman–Crippen MR) is 179 cm³/mol. The van der Waals surface area contributed by atoms with Crippen molar-refractivity contribution in [3.05, 3.63) is 163 Å². The van der Waals surface area contributed by atoms with Crippen molar-refractivity contribution >= 4 is 36.6 Å². The van der Waals surface area contributed by atoms with E-state index in [4.69, 9.17) is 14.5 Å². The van der Waals surface area contributed by atoms with Crippen LogP contribution in [0, 0.1) is 0 Å². The second-order valence-corrected chi connectivity index (χ2v) is 14.5. The van der Waals surface area contributed by atoms with Crippen LogP contribution in [0.5, 0.6) is 11.5 Å². The van der Waals surface area contributed by atoms with E-state index < -0.39 is 8.07 Å². The first kappa shape index (κ1) is 28.3. The molecule has 43 heavy (non-hydrogen) atoms. The van der Waals surface area contributed by atoms with Crippen molar-refractivity contribution in [1.82, 2.24) is 9.55 Å². The number of nitrogens with zero attached hydrogens (tertiary/aromatic N) is 2. The third-order valence-electron chi connectivity index (χ3n) is 8.18. The molecule has 211 valence electrons. The molecule has 0 saturated heterocycles. The van der Waals surface area contributed by atoms with Gasteiger partial charge in [0.1, 0.15) is 11.5 Å². The van der Waals surface area contributed by atoms with Crippen molar-refractivity contribution in [2.45, 2.75) is 12.0 Å². The molecule has 0 unspecified atom stereocenters. The number of ether oxygens (including phenoxy) is 2. The summed E-state index contributed by atoms with van der Waals surface area (Å²) in [5, 5.41) is 3.82. The van der Waals surface area contributed by atoms with E-state index in [1.807, 2.05) is 18.3 Å². The zero-order valence-corrected chi connectivity index (χ0v) is 25.5. The Morgan fingerprint density at radius 2 is 1.12 bits per heavy atom. The molecule has 1 aromatic heterocycles. The predicted octanol–water partition coefficient (Wildman–Crippen LogP) is 4.73. The molecule has 6 heteroatoms. The van der Waals surface area contributed by atoms with E-state index >= 15 is 0 Å². The van der Waals surface area contributed by atoms with Crippen molar-refractivity contribution in [3.63, 3.8) is 0 Å². The number of imidazole rings is 1. The molecule has 0 aliphatic rings. The molecule has 1 radical (unpaired) electrons. The first-order valence-electron chi connectivity index (χ1n) is 14.5. The number of hydrogen-bond donors (Lipinski definition) is 0. The molecule has 0 aliphatic carbocycles. The third kappa shape index (κ3) is 5.92. The molecular weight excluding hydrogens is 543 g/mol. The van der Waals surface area contributed by atoms with Gasteiger partial charge in [-0.25, -0.2) is 0 Å². The Hall–Kier alpha value is -4.81. The summed E-state index contributed by atoms with van der Waals surface area (Å²) in [5.74, 6) is 1.75. The van der Waals surface area contributed by atoms with Crippen molar-refractivity contribution in [3.8, 4) is 11.5 Å². The van der Waals surface area contributed by atoms with E-state index in [0.717, 1.165) is 23.4 Å². The van der Waals surface area contributed by atoms with E-state index in [0.29, 0.717) is 0 Å². The SMILES string of the molecule is COc1cccc([Si](Cn2ccnc2[B]C(c2ccccc2)c2ccccc2)(c2ccccc2)c2cccc(OC)c2)c1. The molecule has 0 saturated carbocycles. The van der Waals surface area contributed by atoms with Crippen LogP contribution >= 0.6 is 0 Å². The maximum absolute atomic E-state index is 5.75. The molecule has 0 spiro atoms. The van der Waals surface area contributed by atoms with E-state index in [9.17, 15) is 0 Å². The Labute approximate surface area is 255 Å². The van der Waals surface area contributed by atoms with Gasteiger partial charge in [-0.05, 0) is 56.8 Å². The van der Waals surface area contributed by atoms with Gasteiger partial charge in [0.25, 0.3) is 0 Å². The van der Waals surface area contributed by atoms with Crippen molar-refractivity contribution in [1.29, 1.82) is 0 Å². The van der Waals surface area contributed by atoms with Crippen LogP contribution in [-0.4, -0.2) is 39.1 Å². The lowest BCUT2D eigenvalue weighted by Crippen LogP contribution is -2.70. The fraction of sp³-hybridized carbons (Fsp3) is 0.108. The van der Waals surface area contributed by atoms with Gasteiger partial charge in [0.05, 0.1) is 19.9 Å². The van der Waals surface area contributed by atoms with Crippen LogP contribution < -0.4 is 30.8 Å². The second-order valence-electron chi connectivity index (χ2n) is 10.6. The quantitative estimate of drug-likeness (QED) is 0.165. The fourth-order valence-electron chi connectivity index (χ4n) is 6.00. The van der Waals surface area contributed by atoms with Crippen LogP contribution in [0.15, 0.2) is 152 Å². The third-order valence-corrected chi connectivity index (χ3v) is 12.9. The summed E-state index contributed by atoms with van der Waals surface area (Å²) in [4.78, 5) is 4.92. The highest BCUT2D eigenvalue weighted by atomic mass is 28.3. The van der Waals surface area contributed by atoms with Crippen molar-refractivity contribution < 1.29 is 9.47 Å². The minimum absolute atomic E-state index is 0.0602. The van der Waals surface area contributed by atoms with Crippen LogP contribution in [0.3, 0.4) is 0 Å². The smallest absolute Gasteiger partial charge is 0.215 e. The zero-order chi connectivity index (χ0) is 29.5. The van der Waals surface area contributed by atoms with E-state index in [1.165, 1.54) is 26.7 Å². The average Bonchev–Trinajstić information content (AvgIpc) is 3.53. The van der Waals surface area contributed by atoms with E-state index in [1.54, 1.807) is 14.2 Å². The number of rotatable bonds is 11. The maximum Gasteiger partial charge on any atom is 0.215 e. The van der Waals surface area contributed by atoms with Gasteiger partial charge in [0.2, 0.25) is 7.28 Å². The molecule has 0 N–H and O–H groups in total. The highest BCUT2D eigenvalue weighted by molar-refractivity contribution is 7.10. The zero-order valence-electron chi connectivity index (χ0n) is 24.5. The topological polar surface area (TPSA) is 36.3 Å². The van der Waals surface area contributed by atoms with Gasteiger partial charge in [-0.2, -0.15) is 0 Å². The van der Waals surface area contributed by atoms with Crippen LogP contribution in [0.4, 0.5) is 0 Å². The Bertz CT molecular complexity index is 1670. The largest absolute Gasteiger partial charge is 0.497 e. The van der Waals surface area contributed by atoms with Gasteiger partial charge in [-0.3, -0.25) is 4.98 Å². The number of hydrogen-bond acceptors (Lipinski definition) is 3. The Kier molecular flexibility index (Phi) is 8.57. The molecule has 0 bridgehead atoms. The highest BCUT2D eigenvalue weighted by Gasteiger charge is 2.41. The molecule has 0 amide bonds. The van der Waals surface area contributed by atoms with Crippen molar-refractivity contribution in [2.24, 2.45) is 0 Å². The Morgan fingerprint density at radius 1 is 0.628 bits per heavy atom. The van der Waals surface area contributed by atoms with Crippen molar-refractivity contribution in [2.75, 3.05) is 14.2 Å². The summed E-state index contributed by atoms with van der Waals surface area (Å²) in [5.41, 5.74) is 3.40. The summed E-state index contributed by atoms with van der Waals surface area (Å²) in [6.45, 7) is 0. The van der Waals surface area contributed by atoms with Gasteiger partial charge >= 0.3 is 0 Å². The minimum atomic E-state index is -2.72. The molecule has 0 fully saturated rings. The number of methoxy groups -OCH3 is 2. The van der Waals surface area contributed by atoms with Crippen LogP contribution in [0.25, 0.3) is 0 Å². The minimum Gasteiger partial charge on any atom is -0.497 e. The normalized spacial score (nSPS) is 11.3. The van der Waals surface area contributed by atoms with Gasteiger partial charge in [-0.1, -0.05) is 115 Å². The lowest BCUT2D eigenvalue weighted by atomic mass is 9.58. The first-order chi connectivity index (χ1) is 21.2. The summed E-state index contributed by atoms with van der Waals surface area (Å²) in [7, 11) is 3.03. The Morgan fingerprint density at radius 3 is 1.63 bits per heavy atom. The molecule has 5 aromatic carbocycles. The van der Waals surface area contributed by atoms with E-state index in [2.05, 4.69) is 145 Å². The summed E-state index contributed by atoms with van der Waals surface area (Å²) < 4.78 is 13.8. The van der Waals surface area contributed by atoms with Gasteiger partial charge in [0, 0.05) is 18.6 Å².